The van der Waals surface area contributed by atoms with Crippen LogP contribution in [0, 0.1) is 0 Å². The van der Waals surface area contributed by atoms with Crippen LogP contribution in [0.4, 0.5) is 0 Å². The van der Waals surface area contributed by atoms with Crippen LogP contribution < -0.4 is 21.7 Å². The summed E-state index contributed by atoms with van der Waals surface area (Å²) in [7, 11) is 0. The number of aromatic hydroxyl groups is 1. The summed E-state index contributed by atoms with van der Waals surface area (Å²) >= 11 is 1.53. The SMILES string of the molecule is CSCCC(N)C(=O)NC(Cc1ccccc1)C(=O)NC(CO)C(=O)NC(Cc1ccc(O)cc1)C(=O)O. The van der Waals surface area contributed by atoms with E-state index < -0.39 is 54.5 Å². The number of rotatable bonds is 15. The van der Waals surface area contributed by atoms with Crippen molar-refractivity contribution in [2.45, 2.75) is 43.4 Å². The summed E-state index contributed by atoms with van der Waals surface area (Å²) in [5, 5.41) is 36.1. The third kappa shape index (κ3) is 10.0. The first-order valence-corrected chi connectivity index (χ1v) is 13.3. The molecule has 0 radical (unpaired) electrons. The van der Waals surface area contributed by atoms with E-state index in [0.29, 0.717) is 17.7 Å². The molecule has 0 spiro atoms. The maximum Gasteiger partial charge on any atom is 0.326 e. The van der Waals surface area contributed by atoms with Crippen LogP contribution in [0.1, 0.15) is 17.5 Å². The number of benzene rings is 2. The van der Waals surface area contributed by atoms with Crippen LogP contribution in [0.15, 0.2) is 54.6 Å². The first kappa shape index (κ1) is 30.6. The first-order chi connectivity index (χ1) is 18.1. The molecule has 0 aromatic heterocycles. The molecule has 2 aromatic carbocycles. The number of hydrogen-bond acceptors (Lipinski definition) is 8. The third-order valence-electron chi connectivity index (χ3n) is 5.69. The molecule has 0 fully saturated rings. The molecule has 206 valence electrons. The van der Waals surface area contributed by atoms with E-state index in [-0.39, 0.29) is 18.6 Å². The van der Waals surface area contributed by atoms with Crippen LogP contribution in [0.3, 0.4) is 0 Å². The number of nitrogens with two attached hydrogens (primary N) is 1. The first-order valence-electron chi connectivity index (χ1n) is 12.0. The zero-order valence-corrected chi connectivity index (χ0v) is 21.8. The van der Waals surface area contributed by atoms with Gasteiger partial charge in [-0.05, 0) is 41.7 Å². The van der Waals surface area contributed by atoms with Gasteiger partial charge in [-0.1, -0.05) is 42.5 Å². The number of carboxylic acid groups (broad SMARTS) is 1. The molecule has 0 saturated carbocycles. The van der Waals surface area contributed by atoms with Gasteiger partial charge in [-0.2, -0.15) is 11.8 Å². The predicted octanol–water partition coefficient (Wildman–Crippen LogP) is -0.211. The lowest BCUT2D eigenvalue weighted by Crippen LogP contribution is -2.58. The Morgan fingerprint density at radius 3 is 1.92 bits per heavy atom. The molecule has 0 bridgehead atoms. The fourth-order valence-corrected chi connectivity index (χ4v) is 4.01. The number of aliphatic carboxylic acids is 1. The van der Waals surface area contributed by atoms with Gasteiger partial charge in [0.1, 0.15) is 23.9 Å². The van der Waals surface area contributed by atoms with Gasteiger partial charge >= 0.3 is 5.97 Å². The average molecular weight is 547 g/mol. The van der Waals surface area contributed by atoms with E-state index in [2.05, 4.69) is 16.0 Å². The number of aliphatic hydroxyl groups is 1. The van der Waals surface area contributed by atoms with Crippen molar-refractivity contribution in [3.63, 3.8) is 0 Å². The van der Waals surface area contributed by atoms with Gasteiger partial charge in [-0.3, -0.25) is 14.4 Å². The molecular formula is C26H34N4O7S. The van der Waals surface area contributed by atoms with Crippen molar-refractivity contribution in [1.29, 1.82) is 0 Å². The Hall–Kier alpha value is -3.61. The van der Waals surface area contributed by atoms with Gasteiger partial charge in [0.05, 0.1) is 12.6 Å². The number of aliphatic hydroxyl groups excluding tert-OH is 1. The van der Waals surface area contributed by atoms with Crippen LogP contribution in [-0.2, 0) is 32.0 Å². The number of hydrogen-bond donors (Lipinski definition) is 7. The highest BCUT2D eigenvalue weighted by molar-refractivity contribution is 7.98. The van der Waals surface area contributed by atoms with Gasteiger partial charge in [-0.25, -0.2) is 4.79 Å². The Labute approximate surface area is 225 Å². The van der Waals surface area contributed by atoms with Crippen LogP contribution in [0.5, 0.6) is 5.75 Å². The highest BCUT2D eigenvalue weighted by Crippen LogP contribution is 2.12. The van der Waals surface area contributed by atoms with E-state index >= 15 is 0 Å². The lowest BCUT2D eigenvalue weighted by molar-refractivity contribution is -0.142. The van der Waals surface area contributed by atoms with E-state index in [1.165, 1.54) is 36.0 Å². The standard InChI is InChI=1S/C26H34N4O7S/c1-38-12-11-19(27)23(33)28-20(13-16-5-3-2-4-6-16)24(34)30-22(15-31)25(35)29-21(26(36)37)14-17-7-9-18(32)10-8-17/h2-10,19-22,31-32H,11-15,27H2,1H3,(H,28,33)(H,29,35)(H,30,34)(H,36,37). The largest absolute Gasteiger partial charge is 0.508 e. The van der Waals surface area contributed by atoms with Gasteiger partial charge < -0.3 is 37.0 Å². The molecule has 38 heavy (non-hydrogen) atoms. The maximum atomic E-state index is 13.1. The molecule has 11 nitrogen and oxygen atoms in total. The maximum absolute atomic E-state index is 13.1. The number of carboxylic acids is 1. The molecule has 0 saturated heterocycles. The van der Waals surface area contributed by atoms with Crippen molar-refractivity contribution in [3.05, 3.63) is 65.7 Å². The second kappa shape index (κ2) is 15.6. The highest BCUT2D eigenvalue weighted by Gasteiger charge is 2.30. The number of thioether (sulfide) groups is 1. The molecular weight excluding hydrogens is 512 g/mol. The predicted molar refractivity (Wildman–Crippen MR) is 143 cm³/mol. The number of nitrogens with one attached hydrogen (secondary N) is 3. The number of phenols is 1. The van der Waals surface area contributed by atoms with Crippen molar-refractivity contribution in [3.8, 4) is 5.75 Å². The Kier molecular flexibility index (Phi) is 12.6. The van der Waals surface area contributed by atoms with Crippen molar-refractivity contribution in [1.82, 2.24) is 16.0 Å². The van der Waals surface area contributed by atoms with Crippen LogP contribution in [0.25, 0.3) is 0 Å². The van der Waals surface area contributed by atoms with Gasteiger partial charge in [-0.15, -0.1) is 0 Å². The summed E-state index contributed by atoms with van der Waals surface area (Å²) in [6.07, 6.45) is 2.31. The van der Waals surface area contributed by atoms with Crippen molar-refractivity contribution in [2.24, 2.45) is 5.73 Å². The molecule has 4 unspecified atom stereocenters. The Morgan fingerprint density at radius 1 is 0.816 bits per heavy atom. The molecule has 2 aromatic rings. The fourth-order valence-electron chi connectivity index (χ4n) is 3.52. The number of carbonyl (C=O) groups excluding carboxylic acids is 3. The number of carbonyl (C=O) groups is 4. The van der Waals surface area contributed by atoms with E-state index in [0.717, 1.165) is 5.56 Å². The van der Waals surface area contributed by atoms with E-state index in [1.54, 1.807) is 30.3 Å². The van der Waals surface area contributed by atoms with Gasteiger partial charge in [0.25, 0.3) is 0 Å². The molecule has 0 aliphatic rings. The lowest BCUT2D eigenvalue weighted by Gasteiger charge is -2.24. The van der Waals surface area contributed by atoms with Crippen LogP contribution in [-0.4, -0.2) is 81.8 Å². The van der Waals surface area contributed by atoms with Crippen LogP contribution in [0.2, 0.25) is 0 Å². The third-order valence-corrected chi connectivity index (χ3v) is 6.34. The van der Waals surface area contributed by atoms with Crippen molar-refractivity contribution < 1.29 is 34.5 Å². The average Bonchev–Trinajstić information content (AvgIpc) is 2.90. The zero-order chi connectivity index (χ0) is 28.1. The summed E-state index contributed by atoms with van der Waals surface area (Å²) in [6.45, 7) is -0.803. The zero-order valence-electron chi connectivity index (χ0n) is 21.0. The molecule has 12 heteroatoms. The van der Waals surface area contributed by atoms with E-state index in [9.17, 15) is 34.5 Å². The molecule has 4 atom stereocenters. The van der Waals surface area contributed by atoms with Gasteiger partial charge in [0.2, 0.25) is 17.7 Å². The Balaban J connectivity index is 2.11. The van der Waals surface area contributed by atoms with E-state index in [1.807, 2.05) is 6.26 Å². The Morgan fingerprint density at radius 2 is 1.34 bits per heavy atom. The summed E-state index contributed by atoms with van der Waals surface area (Å²) in [5.41, 5.74) is 7.24. The molecule has 2 rings (SSSR count). The van der Waals surface area contributed by atoms with Gasteiger partial charge in [0, 0.05) is 12.8 Å². The Bertz CT molecular complexity index is 1070. The van der Waals surface area contributed by atoms with Crippen molar-refractivity contribution in [2.75, 3.05) is 18.6 Å². The van der Waals surface area contributed by atoms with E-state index in [4.69, 9.17) is 5.73 Å². The minimum absolute atomic E-state index is 0.00933. The molecule has 0 aliphatic heterocycles. The lowest BCUT2D eigenvalue weighted by atomic mass is 10.0. The van der Waals surface area contributed by atoms with Gasteiger partial charge in [0.15, 0.2) is 0 Å². The smallest absolute Gasteiger partial charge is 0.326 e. The monoisotopic (exact) mass is 546 g/mol. The number of phenolic OH excluding ortho intramolecular Hbond substituents is 1. The van der Waals surface area contributed by atoms with Crippen LogP contribution >= 0.6 is 11.8 Å². The summed E-state index contributed by atoms with van der Waals surface area (Å²) in [5.74, 6) is -2.82. The molecule has 3 amide bonds. The van der Waals surface area contributed by atoms with Crippen molar-refractivity contribution >= 4 is 35.5 Å². The highest BCUT2D eigenvalue weighted by atomic mass is 32.2. The molecule has 8 N–H and O–H groups in total. The second-order valence-corrected chi connectivity index (χ2v) is 9.64. The summed E-state index contributed by atoms with van der Waals surface area (Å²) < 4.78 is 0. The summed E-state index contributed by atoms with van der Waals surface area (Å²) in [6, 6.07) is 9.97. The second-order valence-electron chi connectivity index (χ2n) is 8.65. The molecule has 0 aliphatic carbocycles. The summed E-state index contributed by atoms with van der Waals surface area (Å²) in [4.78, 5) is 50.3. The topological polar surface area (TPSA) is 191 Å². The molecule has 0 heterocycles. The normalized spacial score (nSPS) is 14.0. The minimum Gasteiger partial charge on any atom is -0.508 e. The quantitative estimate of drug-likeness (QED) is 0.158. The fraction of sp³-hybridized carbons (Fsp3) is 0.385. The number of amides is 3. The minimum atomic E-state index is -1.47.